The van der Waals surface area contributed by atoms with Gasteiger partial charge in [0.25, 0.3) is 0 Å². The Kier molecular flexibility index (Phi) is 6.71. The molecular formula is C22H29N7O4S. The van der Waals surface area contributed by atoms with Gasteiger partial charge in [-0.25, -0.2) is 19.5 Å². The highest BCUT2D eigenvalue weighted by molar-refractivity contribution is 7.88. The van der Waals surface area contributed by atoms with Gasteiger partial charge < -0.3 is 9.64 Å². The van der Waals surface area contributed by atoms with Crippen molar-refractivity contribution in [1.82, 2.24) is 29.0 Å². The summed E-state index contributed by atoms with van der Waals surface area (Å²) in [6.07, 6.45) is 7.60. The Bertz CT molecular complexity index is 1250. The van der Waals surface area contributed by atoms with Gasteiger partial charge in [-0.15, -0.1) is 0 Å². The van der Waals surface area contributed by atoms with Crippen LogP contribution in [0.1, 0.15) is 33.6 Å². The van der Waals surface area contributed by atoms with E-state index >= 15 is 0 Å². The summed E-state index contributed by atoms with van der Waals surface area (Å²) in [5, 5.41) is 0.951. The van der Waals surface area contributed by atoms with Crippen LogP contribution in [0.4, 0.5) is 10.6 Å². The smallest absolute Gasteiger partial charge is 0.422 e. The number of nitrogens with zero attached hydrogens (tertiary/aromatic N) is 5. The summed E-state index contributed by atoms with van der Waals surface area (Å²) < 4.78 is 35.7. The van der Waals surface area contributed by atoms with Gasteiger partial charge in [0.05, 0.1) is 17.3 Å². The highest BCUT2D eigenvalue weighted by Crippen LogP contribution is 2.29. The number of rotatable bonds is 6. The Morgan fingerprint density at radius 2 is 1.97 bits per heavy atom. The van der Waals surface area contributed by atoms with Crippen LogP contribution in [0.5, 0.6) is 0 Å². The largest absolute Gasteiger partial charge is 0.443 e. The summed E-state index contributed by atoms with van der Waals surface area (Å²) in [6.45, 7) is 6.70. The molecule has 1 amide bonds. The number of hydrogen-bond acceptors (Lipinski definition) is 8. The number of nitrogens with one attached hydrogen (secondary N) is 2. The number of ether oxygens (including phenoxy) is 1. The van der Waals surface area contributed by atoms with E-state index < -0.39 is 21.9 Å². The van der Waals surface area contributed by atoms with Crippen molar-refractivity contribution in [2.75, 3.05) is 24.5 Å². The Labute approximate surface area is 198 Å². The highest BCUT2D eigenvalue weighted by Gasteiger charge is 2.25. The average molecular weight is 488 g/mol. The van der Waals surface area contributed by atoms with Crippen LogP contribution in [0.15, 0.2) is 43.1 Å². The highest BCUT2D eigenvalue weighted by atomic mass is 32.2. The van der Waals surface area contributed by atoms with Crippen LogP contribution < -0.4 is 14.3 Å². The number of amides is 1. The third kappa shape index (κ3) is 5.81. The quantitative estimate of drug-likeness (QED) is 0.542. The van der Waals surface area contributed by atoms with Crippen molar-refractivity contribution in [2.24, 2.45) is 5.92 Å². The van der Waals surface area contributed by atoms with Gasteiger partial charge in [-0.3, -0.25) is 9.55 Å². The maximum atomic E-state index is 12.2. The number of carbonyl (C=O) groups excluding carboxylic acids is 1. The maximum absolute atomic E-state index is 12.2. The van der Waals surface area contributed by atoms with Crippen LogP contribution in [0.3, 0.4) is 0 Å². The minimum absolute atomic E-state index is 0.142. The van der Waals surface area contributed by atoms with E-state index in [2.05, 4.69) is 24.6 Å². The van der Waals surface area contributed by atoms with Crippen molar-refractivity contribution in [1.29, 1.82) is 0 Å². The number of fused-ring (bicyclic) bond motifs is 1. The molecule has 1 aliphatic heterocycles. The van der Waals surface area contributed by atoms with E-state index in [1.54, 1.807) is 39.5 Å². The van der Waals surface area contributed by atoms with Gasteiger partial charge in [0.15, 0.2) is 0 Å². The van der Waals surface area contributed by atoms with Gasteiger partial charge >= 0.3 is 16.3 Å². The van der Waals surface area contributed by atoms with E-state index in [0.717, 1.165) is 48.5 Å². The molecule has 0 spiro atoms. The van der Waals surface area contributed by atoms with Crippen LogP contribution in [-0.2, 0) is 14.9 Å². The van der Waals surface area contributed by atoms with E-state index in [0.29, 0.717) is 0 Å². The first-order chi connectivity index (χ1) is 16.1. The summed E-state index contributed by atoms with van der Waals surface area (Å²) in [5.41, 5.74) is 0.951. The molecule has 0 atom stereocenters. The number of anilines is 1. The first kappa shape index (κ1) is 23.9. The molecule has 0 aromatic carbocycles. The van der Waals surface area contributed by atoms with Crippen molar-refractivity contribution in [3.05, 3.63) is 43.1 Å². The minimum Gasteiger partial charge on any atom is -0.443 e. The zero-order chi connectivity index (χ0) is 24.3. The second kappa shape index (κ2) is 9.55. The SMILES string of the molecule is CC(C)(C)OC(=O)NS(=O)(=O)NCC1CCN(c2ncnc3c2ccn3-c2cccnc2)CC1. The maximum Gasteiger partial charge on any atom is 0.422 e. The second-order valence-corrected chi connectivity index (χ2v) is 10.7. The molecule has 182 valence electrons. The number of piperidine rings is 1. The van der Waals surface area contributed by atoms with Crippen molar-refractivity contribution >= 4 is 33.2 Å². The molecule has 11 nitrogen and oxygen atoms in total. The summed E-state index contributed by atoms with van der Waals surface area (Å²) >= 11 is 0. The van der Waals surface area contributed by atoms with Crippen molar-refractivity contribution in [3.63, 3.8) is 0 Å². The molecule has 4 heterocycles. The Morgan fingerprint density at radius 3 is 2.65 bits per heavy atom. The Balaban J connectivity index is 1.35. The van der Waals surface area contributed by atoms with Crippen LogP contribution in [-0.4, -0.2) is 59.3 Å². The summed E-state index contributed by atoms with van der Waals surface area (Å²) in [7, 11) is -3.99. The number of aromatic nitrogens is 4. The standard InChI is InChI=1S/C22H29N7O4S/c1-22(2,3)33-21(30)27-34(31,32)26-13-16-6-10-28(11-7-16)19-18-8-12-29(20(18)25-15-24-19)17-5-4-9-23-14-17/h4-5,8-9,12,14-16,26H,6-7,10-11,13H2,1-3H3,(H,27,30). The van der Waals surface area contributed by atoms with Gasteiger partial charge in [-0.05, 0) is 57.7 Å². The molecule has 0 aliphatic carbocycles. The molecule has 0 unspecified atom stereocenters. The van der Waals surface area contributed by atoms with Crippen molar-refractivity contribution in [2.45, 2.75) is 39.2 Å². The van der Waals surface area contributed by atoms with E-state index in [4.69, 9.17) is 4.74 Å². The van der Waals surface area contributed by atoms with Gasteiger partial charge in [-0.1, -0.05) is 0 Å². The topological polar surface area (TPSA) is 131 Å². The van der Waals surface area contributed by atoms with Crippen molar-refractivity contribution in [3.8, 4) is 5.69 Å². The lowest BCUT2D eigenvalue weighted by molar-refractivity contribution is 0.0569. The third-order valence-electron chi connectivity index (χ3n) is 5.48. The fourth-order valence-corrected chi connectivity index (χ4v) is 4.70. The Morgan fingerprint density at radius 1 is 1.21 bits per heavy atom. The summed E-state index contributed by atoms with van der Waals surface area (Å²) in [5.74, 6) is 1.00. The fourth-order valence-electron chi connectivity index (χ4n) is 3.92. The number of pyridine rings is 1. The van der Waals surface area contributed by atoms with Crippen LogP contribution in [0, 0.1) is 5.92 Å². The van der Waals surface area contributed by atoms with E-state index in [9.17, 15) is 13.2 Å². The molecular weight excluding hydrogens is 458 g/mol. The average Bonchev–Trinajstić information content (AvgIpc) is 3.21. The van der Waals surface area contributed by atoms with Crippen molar-refractivity contribution < 1.29 is 17.9 Å². The van der Waals surface area contributed by atoms with Gasteiger partial charge in [0, 0.05) is 32.0 Å². The molecule has 3 aromatic heterocycles. The lowest BCUT2D eigenvalue weighted by Gasteiger charge is -2.33. The predicted octanol–water partition coefficient (Wildman–Crippen LogP) is 2.39. The first-order valence-corrected chi connectivity index (χ1v) is 12.6. The monoisotopic (exact) mass is 487 g/mol. The molecule has 3 aromatic rings. The normalized spacial score (nSPS) is 15.4. The van der Waals surface area contributed by atoms with Gasteiger partial charge in [0.1, 0.15) is 23.4 Å². The molecule has 0 radical (unpaired) electrons. The second-order valence-electron chi connectivity index (χ2n) is 9.22. The zero-order valence-electron chi connectivity index (χ0n) is 19.4. The summed E-state index contributed by atoms with van der Waals surface area (Å²) in [4.78, 5) is 27.1. The molecule has 34 heavy (non-hydrogen) atoms. The van der Waals surface area contributed by atoms with Gasteiger partial charge in [-0.2, -0.15) is 13.1 Å². The molecule has 2 N–H and O–H groups in total. The first-order valence-electron chi connectivity index (χ1n) is 11.1. The van der Waals surface area contributed by atoms with Crippen LogP contribution in [0.2, 0.25) is 0 Å². The van der Waals surface area contributed by atoms with E-state index in [1.807, 2.05) is 33.7 Å². The molecule has 12 heteroatoms. The number of hydrogen-bond donors (Lipinski definition) is 2. The summed E-state index contributed by atoms with van der Waals surface area (Å²) in [6, 6.07) is 5.85. The molecule has 0 bridgehead atoms. The van der Waals surface area contributed by atoms with E-state index in [1.165, 1.54) is 0 Å². The van der Waals surface area contributed by atoms with Gasteiger partial charge in [0.2, 0.25) is 0 Å². The molecule has 4 rings (SSSR count). The predicted molar refractivity (Wildman–Crippen MR) is 128 cm³/mol. The molecule has 0 saturated carbocycles. The Hall–Kier alpha value is -3.25. The molecule has 1 aliphatic rings. The zero-order valence-corrected chi connectivity index (χ0v) is 20.2. The molecule has 1 fully saturated rings. The molecule has 1 saturated heterocycles. The lowest BCUT2D eigenvalue weighted by atomic mass is 9.97. The fraction of sp³-hybridized carbons (Fsp3) is 0.455. The van der Waals surface area contributed by atoms with Crippen LogP contribution in [0.25, 0.3) is 16.7 Å². The third-order valence-corrected chi connectivity index (χ3v) is 6.46. The van der Waals surface area contributed by atoms with Crippen LogP contribution >= 0.6 is 0 Å². The number of carbonyl (C=O) groups is 1. The minimum atomic E-state index is -3.99. The van der Waals surface area contributed by atoms with E-state index in [-0.39, 0.29) is 12.5 Å². The lowest BCUT2D eigenvalue weighted by Crippen LogP contribution is -2.45.